The maximum absolute atomic E-state index is 5.58. The van der Waals surface area contributed by atoms with E-state index in [2.05, 4.69) is 26.1 Å². The summed E-state index contributed by atoms with van der Waals surface area (Å²) in [7, 11) is 0. The Bertz CT molecular complexity index is 295. The van der Waals surface area contributed by atoms with Crippen LogP contribution in [0.2, 0.25) is 0 Å². The number of fused-ring (bicyclic) bond motifs is 1. The van der Waals surface area contributed by atoms with E-state index in [1.165, 1.54) is 24.1 Å². The van der Waals surface area contributed by atoms with Gasteiger partial charge in [-0.25, -0.2) is 0 Å². The molecule has 0 amide bonds. The molecule has 0 aliphatic heterocycles. The number of nitrogens with two attached hydrogens (primary N) is 1. The second kappa shape index (κ2) is 3.80. The van der Waals surface area contributed by atoms with E-state index in [0.29, 0.717) is 5.92 Å². The fourth-order valence-electron chi connectivity index (χ4n) is 2.09. The molecule has 4 heteroatoms. The lowest BCUT2D eigenvalue weighted by molar-refractivity contribution is 0.515. The molecule has 1 atom stereocenters. The fraction of sp³-hybridized carbons (Fsp3) is 0.667. The Morgan fingerprint density at radius 3 is 3.23 bits per heavy atom. The van der Waals surface area contributed by atoms with Crippen molar-refractivity contribution >= 4 is 15.9 Å². The molecule has 1 aromatic rings. The third-order valence-electron chi connectivity index (χ3n) is 2.75. The van der Waals surface area contributed by atoms with Gasteiger partial charge in [-0.15, -0.1) is 0 Å². The highest BCUT2D eigenvalue weighted by Gasteiger charge is 2.23. The molecule has 2 rings (SSSR count). The van der Waals surface area contributed by atoms with Crippen LogP contribution >= 0.6 is 15.9 Å². The summed E-state index contributed by atoms with van der Waals surface area (Å²) in [6.07, 6.45) is 4.73. The van der Waals surface area contributed by atoms with Gasteiger partial charge in [0.2, 0.25) is 0 Å². The third-order valence-corrected chi connectivity index (χ3v) is 3.41. The van der Waals surface area contributed by atoms with Gasteiger partial charge in [0.25, 0.3) is 0 Å². The third kappa shape index (κ3) is 1.65. The molecular weight excluding hydrogens is 230 g/mol. The molecule has 0 radical (unpaired) electrons. The summed E-state index contributed by atoms with van der Waals surface area (Å²) in [4.78, 5) is 0. The van der Waals surface area contributed by atoms with Crippen LogP contribution in [0, 0.1) is 0 Å². The number of aromatic amines is 1. The maximum atomic E-state index is 5.58. The molecule has 1 heterocycles. The lowest BCUT2D eigenvalue weighted by Crippen LogP contribution is -2.13. The number of nitrogens with zero attached hydrogens (tertiary/aromatic N) is 1. The highest BCUT2D eigenvalue weighted by atomic mass is 79.9. The van der Waals surface area contributed by atoms with Crippen LogP contribution in [0.1, 0.15) is 36.4 Å². The Morgan fingerprint density at radius 2 is 2.46 bits per heavy atom. The standard InChI is InChI=1S/C9H14BrN3/c10-9-7-3-1-2-6(4-5-11)8(7)12-13-9/h6H,1-5,11H2,(H,12,13). The number of hydrogen-bond acceptors (Lipinski definition) is 2. The largest absolute Gasteiger partial charge is 0.330 e. The summed E-state index contributed by atoms with van der Waals surface area (Å²) < 4.78 is 0.990. The first kappa shape index (κ1) is 9.21. The first-order chi connectivity index (χ1) is 6.33. The smallest absolute Gasteiger partial charge is 0.131 e. The van der Waals surface area contributed by atoms with Crippen LogP contribution in [0.25, 0.3) is 0 Å². The van der Waals surface area contributed by atoms with Gasteiger partial charge >= 0.3 is 0 Å². The molecule has 3 N–H and O–H groups in total. The Kier molecular flexibility index (Phi) is 2.69. The fourth-order valence-corrected chi connectivity index (χ4v) is 2.59. The van der Waals surface area contributed by atoms with Gasteiger partial charge in [0.1, 0.15) is 4.60 Å². The molecule has 13 heavy (non-hydrogen) atoms. The molecule has 72 valence electrons. The average molecular weight is 244 g/mol. The van der Waals surface area contributed by atoms with E-state index in [-0.39, 0.29) is 0 Å². The summed E-state index contributed by atoms with van der Waals surface area (Å²) in [5, 5.41) is 7.29. The minimum Gasteiger partial charge on any atom is -0.330 e. The molecule has 0 bridgehead atoms. The van der Waals surface area contributed by atoms with Gasteiger partial charge in [-0.05, 0) is 48.2 Å². The van der Waals surface area contributed by atoms with Crippen molar-refractivity contribution in [3.8, 4) is 0 Å². The van der Waals surface area contributed by atoms with E-state index >= 15 is 0 Å². The number of aromatic nitrogens is 2. The van der Waals surface area contributed by atoms with Crippen molar-refractivity contribution in [2.45, 2.75) is 31.6 Å². The summed E-state index contributed by atoms with van der Waals surface area (Å²) in [6, 6.07) is 0. The zero-order valence-corrected chi connectivity index (χ0v) is 9.10. The van der Waals surface area contributed by atoms with E-state index < -0.39 is 0 Å². The van der Waals surface area contributed by atoms with Crippen molar-refractivity contribution in [1.82, 2.24) is 10.2 Å². The van der Waals surface area contributed by atoms with E-state index in [9.17, 15) is 0 Å². The number of halogens is 1. The van der Waals surface area contributed by atoms with E-state index in [4.69, 9.17) is 5.73 Å². The second-order valence-corrected chi connectivity index (χ2v) is 4.32. The normalized spacial score (nSPS) is 21.5. The molecule has 1 aliphatic carbocycles. The number of H-pyrrole nitrogens is 1. The summed E-state index contributed by atoms with van der Waals surface area (Å²) in [5.41, 5.74) is 8.25. The van der Waals surface area contributed by atoms with Crippen LogP contribution in [-0.4, -0.2) is 16.7 Å². The summed E-state index contributed by atoms with van der Waals surface area (Å²) >= 11 is 3.46. The van der Waals surface area contributed by atoms with Gasteiger partial charge < -0.3 is 5.73 Å². The molecule has 0 saturated heterocycles. The van der Waals surface area contributed by atoms with E-state index in [1.807, 2.05) is 0 Å². The minimum absolute atomic E-state index is 0.604. The van der Waals surface area contributed by atoms with Gasteiger partial charge in [0.05, 0.1) is 0 Å². The molecule has 0 fully saturated rings. The molecule has 1 aromatic heterocycles. The van der Waals surface area contributed by atoms with Gasteiger partial charge in [-0.3, -0.25) is 5.10 Å². The SMILES string of the molecule is NCCC1CCCc2c(Br)n[nH]c21. The first-order valence-corrected chi connectivity index (χ1v) is 5.55. The highest BCUT2D eigenvalue weighted by Crippen LogP contribution is 2.35. The molecular formula is C9H14BrN3. The predicted molar refractivity (Wildman–Crippen MR) is 55.6 cm³/mol. The van der Waals surface area contributed by atoms with Gasteiger partial charge in [0, 0.05) is 17.2 Å². The van der Waals surface area contributed by atoms with Crippen molar-refractivity contribution < 1.29 is 0 Å². The predicted octanol–water partition coefficient (Wildman–Crippen LogP) is 1.94. The van der Waals surface area contributed by atoms with Gasteiger partial charge in [-0.1, -0.05) is 0 Å². The van der Waals surface area contributed by atoms with Gasteiger partial charge in [-0.2, -0.15) is 5.10 Å². The molecule has 1 unspecified atom stereocenters. The molecule has 0 saturated carbocycles. The number of nitrogens with one attached hydrogen (secondary N) is 1. The number of rotatable bonds is 2. The van der Waals surface area contributed by atoms with E-state index in [1.54, 1.807) is 0 Å². The molecule has 0 spiro atoms. The van der Waals surface area contributed by atoms with Crippen molar-refractivity contribution in [2.75, 3.05) is 6.54 Å². The van der Waals surface area contributed by atoms with Crippen LogP contribution in [0.15, 0.2) is 4.60 Å². The maximum Gasteiger partial charge on any atom is 0.131 e. The van der Waals surface area contributed by atoms with Gasteiger partial charge in [0.15, 0.2) is 0 Å². The Labute approximate surface area is 86.2 Å². The van der Waals surface area contributed by atoms with Crippen molar-refractivity contribution in [1.29, 1.82) is 0 Å². The second-order valence-electron chi connectivity index (χ2n) is 3.57. The first-order valence-electron chi connectivity index (χ1n) is 4.75. The van der Waals surface area contributed by atoms with Crippen LogP contribution < -0.4 is 5.73 Å². The van der Waals surface area contributed by atoms with Crippen molar-refractivity contribution in [3.63, 3.8) is 0 Å². The van der Waals surface area contributed by atoms with Crippen LogP contribution in [-0.2, 0) is 6.42 Å². The summed E-state index contributed by atoms with van der Waals surface area (Å²) in [5.74, 6) is 0.604. The molecule has 3 nitrogen and oxygen atoms in total. The zero-order chi connectivity index (χ0) is 9.26. The Morgan fingerprint density at radius 1 is 1.62 bits per heavy atom. The zero-order valence-electron chi connectivity index (χ0n) is 7.52. The Hall–Kier alpha value is -0.350. The Balaban J connectivity index is 2.27. The van der Waals surface area contributed by atoms with Crippen LogP contribution in [0.5, 0.6) is 0 Å². The minimum atomic E-state index is 0.604. The van der Waals surface area contributed by atoms with Crippen molar-refractivity contribution in [2.24, 2.45) is 5.73 Å². The van der Waals surface area contributed by atoms with Crippen LogP contribution in [0.3, 0.4) is 0 Å². The monoisotopic (exact) mass is 243 g/mol. The molecule has 0 aromatic carbocycles. The molecule has 1 aliphatic rings. The lowest BCUT2D eigenvalue weighted by Gasteiger charge is -2.20. The lowest BCUT2D eigenvalue weighted by atomic mass is 9.86. The van der Waals surface area contributed by atoms with E-state index in [0.717, 1.165) is 24.0 Å². The van der Waals surface area contributed by atoms with Crippen LogP contribution in [0.4, 0.5) is 0 Å². The quantitative estimate of drug-likeness (QED) is 0.835. The average Bonchev–Trinajstić information content (AvgIpc) is 2.50. The number of hydrogen-bond donors (Lipinski definition) is 2. The highest BCUT2D eigenvalue weighted by molar-refractivity contribution is 9.10. The summed E-state index contributed by atoms with van der Waals surface area (Å²) in [6.45, 7) is 0.765. The van der Waals surface area contributed by atoms with Crippen molar-refractivity contribution in [3.05, 3.63) is 15.9 Å². The topological polar surface area (TPSA) is 54.7 Å².